The molecule has 0 unspecified atom stereocenters. The first kappa shape index (κ1) is 16.0. The van der Waals surface area contributed by atoms with E-state index in [-0.39, 0.29) is 17.3 Å². The highest BCUT2D eigenvalue weighted by atomic mass is 16.5. The highest BCUT2D eigenvalue weighted by Crippen LogP contribution is 2.26. The zero-order valence-electron chi connectivity index (χ0n) is 13.8. The Hall–Kier alpha value is -2.88. The molecule has 0 atom stereocenters. The quantitative estimate of drug-likeness (QED) is 0.532. The van der Waals surface area contributed by atoms with Gasteiger partial charge in [0.2, 0.25) is 5.43 Å². The lowest BCUT2D eigenvalue weighted by molar-refractivity contribution is -0.137. The van der Waals surface area contributed by atoms with Crippen molar-refractivity contribution in [3.8, 4) is 16.9 Å². The minimum Gasteiger partial charge on any atom is -0.460 e. The van der Waals surface area contributed by atoms with Crippen LogP contribution < -0.4 is 10.2 Å². The second-order valence-corrected chi connectivity index (χ2v) is 5.96. The zero-order valence-corrected chi connectivity index (χ0v) is 13.8. The summed E-state index contributed by atoms with van der Waals surface area (Å²) in [6, 6.07) is 14.3. The third-order valence-electron chi connectivity index (χ3n) is 3.79. The van der Waals surface area contributed by atoms with Gasteiger partial charge in [-0.25, -0.2) is 0 Å². The van der Waals surface area contributed by atoms with Crippen molar-refractivity contribution in [1.29, 1.82) is 0 Å². The second kappa shape index (κ2) is 6.32. The lowest BCUT2D eigenvalue weighted by atomic mass is 10.0. The van der Waals surface area contributed by atoms with Crippen molar-refractivity contribution in [2.24, 2.45) is 5.92 Å². The Labute approximate surface area is 139 Å². The molecular formula is C20H18O4. The van der Waals surface area contributed by atoms with Crippen LogP contribution in [0.15, 0.2) is 57.7 Å². The fraction of sp³-hybridized carbons (Fsp3) is 0.200. The van der Waals surface area contributed by atoms with Crippen LogP contribution in [0.2, 0.25) is 0 Å². The molecule has 0 spiro atoms. The van der Waals surface area contributed by atoms with Crippen molar-refractivity contribution in [2.45, 2.75) is 20.8 Å². The summed E-state index contributed by atoms with van der Waals surface area (Å²) in [5.74, 6) is 0.353. The molecule has 4 heteroatoms. The Morgan fingerprint density at radius 2 is 1.79 bits per heavy atom. The van der Waals surface area contributed by atoms with Crippen molar-refractivity contribution in [1.82, 2.24) is 0 Å². The molecule has 0 amide bonds. The van der Waals surface area contributed by atoms with E-state index in [2.05, 4.69) is 0 Å². The Bertz CT molecular complexity index is 953. The molecule has 3 aromatic rings. The lowest BCUT2D eigenvalue weighted by Gasteiger charge is -2.09. The molecule has 1 aromatic heterocycles. The fourth-order valence-electron chi connectivity index (χ4n) is 2.52. The van der Waals surface area contributed by atoms with E-state index in [9.17, 15) is 9.59 Å². The van der Waals surface area contributed by atoms with E-state index < -0.39 is 0 Å². The van der Waals surface area contributed by atoms with Gasteiger partial charge in [0.1, 0.15) is 17.1 Å². The van der Waals surface area contributed by atoms with Gasteiger partial charge in [-0.15, -0.1) is 0 Å². The maximum absolute atomic E-state index is 12.8. The molecule has 0 saturated carbocycles. The van der Waals surface area contributed by atoms with Gasteiger partial charge in [-0.3, -0.25) is 9.59 Å². The molecule has 3 rings (SSSR count). The number of carbonyl (C=O) groups excluding carboxylic acids is 1. The number of carbonyl (C=O) groups is 1. The third-order valence-corrected chi connectivity index (χ3v) is 3.79. The highest BCUT2D eigenvalue weighted by molar-refractivity contribution is 5.84. The summed E-state index contributed by atoms with van der Waals surface area (Å²) in [6.07, 6.45) is 0. The summed E-state index contributed by atoms with van der Waals surface area (Å²) in [6.45, 7) is 5.29. The van der Waals surface area contributed by atoms with Crippen LogP contribution in [0, 0.1) is 12.8 Å². The molecule has 0 aliphatic heterocycles. The van der Waals surface area contributed by atoms with Gasteiger partial charge in [0.25, 0.3) is 0 Å². The van der Waals surface area contributed by atoms with Crippen LogP contribution in [-0.4, -0.2) is 5.97 Å². The van der Waals surface area contributed by atoms with E-state index in [1.165, 1.54) is 0 Å². The average molecular weight is 322 g/mol. The topological polar surface area (TPSA) is 56.5 Å². The van der Waals surface area contributed by atoms with Crippen molar-refractivity contribution < 1.29 is 13.9 Å². The Kier molecular flexibility index (Phi) is 4.21. The predicted molar refractivity (Wildman–Crippen MR) is 93.1 cm³/mol. The molecule has 0 fully saturated rings. The van der Waals surface area contributed by atoms with E-state index >= 15 is 0 Å². The second-order valence-electron chi connectivity index (χ2n) is 5.96. The first-order valence-corrected chi connectivity index (χ1v) is 7.82. The molecule has 24 heavy (non-hydrogen) atoms. The zero-order chi connectivity index (χ0) is 17.3. The Balaban J connectivity index is 2.11. The molecular weight excluding hydrogens is 304 g/mol. The van der Waals surface area contributed by atoms with Crippen LogP contribution in [0.3, 0.4) is 0 Å². The Morgan fingerprint density at radius 3 is 2.46 bits per heavy atom. The standard InChI is InChI=1S/C20H18O4/c1-12(2)20(22)24-15-9-10-16-17(11-15)23-13(3)18(19(16)21)14-7-5-4-6-8-14/h4-12H,1-3H3. The van der Waals surface area contributed by atoms with Gasteiger partial charge in [0, 0.05) is 6.07 Å². The molecule has 0 N–H and O–H groups in total. The number of fused-ring (bicyclic) bond motifs is 1. The van der Waals surface area contributed by atoms with Crippen molar-refractivity contribution >= 4 is 16.9 Å². The van der Waals surface area contributed by atoms with Gasteiger partial charge in [-0.1, -0.05) is 44.2 Å². The monoisotopic (exact) mass is 322 g/mol. The molecule has 1 heterocycles. The summed E-state index contributed by atoms with van der Waals surface area (Å²) in [5.41, 5.74) is 1.68. The molecule has 2 aromatic carbocycles. The van der Waals surface area contributed by atoms with Gasteiger partial charge in [-0.05, 0) is 24.6 Å². The van der Waals surface area contributed by atoms with Gasteiger partial charge in [-0.2, -0.15) is 0 Å². The smallest absolute Gasteiger partial charge is 0.313 e. The van der Waals surface area contributed by atoms with Gasteiger partial charge in [0.15, 0.2) is 0 Å². The van der Waals surface area contributed by atoms with Crippen LogP contribution in [0.4, 0.5) is 0 Å². The van der Waals surface area contributed by atoms with E-state index in [0.29, 0.717) is 28.0 Å². The number of hydrogen-bond acceptors (Lipinski definition) is 4. The van der Waals surface area contributed by atoms with Gasteiger partial charge in [0.05, 0.1) is 16.9 Å². The van der Waals surface area contributed by atoms with Crippen LogP contribution in [-0.2, 0) is 4.79 Å². The maximum atomic E-state index is 12.8. The minimum atomic E-state index is -0.325. The molecule has 122 valence electrons. The van der Waals surface area contributed by atoms with Gasteiger partial charge >= 0.3 is 5.97 Å². The molecule has 0 radical (unpaired) electrons. The van der Waals surface area contributed by atoms with Crippen LogP contribution in [0.5, 0.6) is 5.75 Å². The third kappa shape index (κ3) is 2.95. The van der Waals surface area contributed by atoms with Gasteiger partial charge < -0.3 is 9.15 Å². The molecule has 0 bridgehead atoms. The minimum absolute atomic E-state index is 0.0957. The number of ether oxygens (including phenoxy) is 1. The maximum Gasteiger partial charge on any atom is 0.313 e. The normalized spacial score (nSPS) is 11.0. The summed E-state index contributed by atoms with van der Waals surface area (Å²) in [5, 5.41) is 0.462. The number of benzene rings is 2. The first-order chi connectivity index (χ1) is 11.5. The molecule has 0 aliphatic carbocycles. The van der Waals surface area contributed by atoms with Crippen molar-refractivity contribution in [3.63, 3.8) is 0 Å². The Morgan fingerprint density at radius 1 is 1.08 bits per heavy atom. The molecule has 0 saturated heterocycles. The summed E-state index contributed by atoms with van der Waals surface area (Å²) in [4.78, 5) is 24.5. The summed E-state index contributed by atoms with van der Waals surface area (Å²) < 4.78 is 11.1. The van der Waals surface area contributed by atoms with Crippen LogP contribution in [0.25, 0.3) is 22.1 Å². The van der Waals surface area contributed by atoms with E-state index in [4.69, 9.17) is 9.15 Å². The highest BCUT2D eigenvalue weighted by Gasteiger charge is 2.15. The molecule has 0 aliphatic rings. The van der Waals surface area contributed by atoms with E-state index in [1.807, 2.05) is 30.3 Å². The first-order valence-electron chi connectivity index (χ1n) is 7.82. The molecule has 4 nitrogen and oxygen atoms in total. The fourth-order valence-corrected chi connectivity index (χ4v) is 2.52. The predicted octanol–water partition coefficient (Wildman–Crippen LogP) is 4.33. The van der Waals surface area contributed by atoms with Crippen LogP contribution in [0.1, 0.15) is 19.6 Å². The average Bonchev–Trinajstić information content (AvgIpc) is 2.55. The number of hydrogen-bond donors (Lipinski definition) is 0. The summed E-state index contributed by atoms with van der Waals surface area (Å²) >= 11 is 0. The number of rotatable bonds is 3. The largest absolute Gasteiger partial charge is 0.460 e. The van der Waals surface area contributed by atoms with Crippen molar-refractivity contribution in [3.05, 3.63) is 64.5 Å². The van der Waals surface area contributed by atoms with E-state index in [0.717, 1.165) is 5.56 Å². The van der Waals surface area contributed by atoms with E-state index in [1.54, 1.807) is 39.0 Å². The van der Waals surface area contributed by atoms with Crippen LogP contribution >= 0.6 is 0 Å². The summed E-state index contributed by atoms with van der Waals surface area (Å²) in [7, 11) is 0. The number of esters is 1. The lowest BCUT2D eigenvalue weighted by Crippen LogP contribution is -2.15. The SMILES string of the molecule is Cc1oc2cc(OC(=O)C(C)C)ccc2c(=O)c1-c1ccccc1. The number of aryl methyl sites for hydroxylation is 1. The van der Waals surface area contributed by atoms with Crippen molar-refractivity contribution in [2.75, 3.05) is 0 Å².